The molecule has 0 saturated heterocycles. The lowest BCUT2D eigenvalue weighted by molar-refractivity contribution is 0.877. The lowest BCUT2D eigenvalue weighted by Crippen LogP contribution is -2.08. The molecular formula is C36H24N4S. The summed E-state index contributed by atoms with van der Waals surface area (Å²) >= 11 is 1.78. The molecule has 2 aromatic heterocycles. The Hall–Kier alpha value is -5.00. The van der Waals surface area contributed by atoms with Crippen LogP contribution in [0.4, 0.5) is 0 Å². The molecule has 0 bridgehead atoms. The highest BCUT2D eigenvalue weighted by Gasteiger charge is 2.27. The summed E-state index contributed by atoms with van der Waals surface area (Å²) in [5.41, 5.74) is 12.4. The molecule has 4 nitrogen and oxygen atoms in total. The molecule has 1 aliphatic rings. The van der Waals surface area contributed by atoms with Crippen molar-refractivity contribution in [3.8, 4) is 50.7 Å². The molecule has 0 amide bonds. The van der Waals surface area contributed by atoms with Gasteiger partial charge in [-0.05, 0) is 23.8 Å². The second-order valence-electron chi connectivity index (χ2n) is 10.1. The fraction of sp³-hybridized carbons (Fsp3) is 0.0278. The first-order valence-electron chi connectivity index (χ1n) is 13.7. The highest BCUT2D eigenvalue weighted by atomic mass is 32.2. The molecule has 0 atom stereocenters. The van der Waals surface area contributed by atoms with Gasteiger partial charge in [0.25, 0.3) is 0 Å². The molecule has 0 unspecified atom stereocenters. The van der Waals surface area contributed by atoms with Crippen molar-refractivity contribution in [3.63, 3.8) is 0 Å². The average Bonchev–Trinajstić information content (AvgIpc) is 3.45. The first-order chi connectivity index (χ1) is 20.3. The molecule has 3 heterocycles. The highest BCUT2D eigenvalue weighted by Crippen LogP contribution is 2.44. The third-order valence-corrected chi connectivity index (χ3v) is 8.50. The van der Waals surface area contributed by atoms with Crippen molar-refractivity contribution in [2.24, 2.45) is 0 Å². The molecule has 0 aliphatic carbocycles. The van der Waals surface area contributed by atoms with Gasteiger partial charge in [-0.1, -0.05) is 127 Å². The average molecular weight is 545 g/mol. The van der Waals surface area contributed by atoms with E-state index in [-0.39, 0.29) is 0 Å². The van der Waals surface area contributed by atoms with Crippen LogP contribution in [-0.2, 0) is 5.75 Å². The van der Waals surface area contributed by atoms with Crippen molar-refractivity contribution < 1.29 is 0 Å². The molecule has 41 heavy (non-hydrogen) atoms. The molecule has 1 aliphatic heterocycles. The van der Waals surface area contributed by atoms with Gasteiger partial charge in [0.15, 0.2) is 5.16 Å². The normalized spacial score (nSPS) is 12.2. The predicted octanol–water partition coefficient (Wildman–Crippen LogP) is 9.09. The number of hydrogen-bond acceptors (Lipinski definition) is 4. The summed E-state index contributed by atoms with van der Waals surface area (Å²) in [5, 5.41) is 1.00. The number of thioether (sulfide) groups is 1. The predicted molar refractivity (Wildman–Crippen MR) is 168 cm³/mol. The minimum atomic E-state index is 0.865. The Kier molecular flexibility index (Phi) is 5.75. The van der Waals surface area contributed by atoms with E-state index in [1.165, 1.54) is 5.56 Å². The molecule has 5 heteroatoms. The van der Waals surface area contributed by atoms with Crippen LogP contribution in [0.5, 0.6) is 0 Å². The van der Waals surface area contributed by atoms with Gasteiger partial charge in [-0.15, -0.1) is 0 Å². The highest BCUT2D eigenvalue weighted by molar-refractivity contribution is 7.98. The largest absolute Gasteiger partial charge is 0.286 e. The number of imidazole rings is 1. The van der Waals surface area contributed by atoms with Crippen LogP contribution in [0.15, 0.2) is 139 Å². The van der Waals surface area contributed by atoms with E-state index in [4.69, 9.17) is 15.0 Å². The standard InChI is InChI=1S/C36H24N4S/c1-4-12-24(13-5-1)32-33(38-30-19-11-10-18-29(30)37-32)27-20-21-28-23-41-36-39-34(25-14-6-2-7-15-25)35(40(36)31(28)22-27)26-16-8-3-9-17-26/h1-22H,23H2. The molecule has 0 N–H and O–H groups in total. The zero-order valence-corrected chi connectivity index (χ0v) is 22.9. The van der Waals surface area contributed by atoms with Gasteiger partial charge >= 0.3 is 0 Å². The van der Waals surface area contributed by atoms with Crippen LogP contribution in [0.2, 0.25) is 0 Å². The monoisotopic (exact) mass is 544 g/mol. The van der Waals surface area contributed by atoms with Gasteiger partial charge in [0.2, 0.25) is 0 Å². The van der Waals surface area contributed by atoms with Crippen molar-refractivity contribution in [2.45, 2.75) is 10.9 Å². The summed E-state index contributed by atoms with van der Waals surface area (Å²) in [4.78, 5) is 15.5. The maximum absolute atomic E-state index is 5.20. The SMILES string of the molecule is c1ccc(-c2nc3ccccc3nc2-c2ccc3c(c2)-n2c(nc(-c4ccccc4)c2-c2ccccc2)SC3)cc1. The maximum Gasteiger partial charge on any atom is 0.174 e. The summed E-state index contributed by atoms with van der Waals surface area (Å²) < 4.78 is 2.33. The van der Waals surface area contributed by atoms with Gasteiger partial charge in [-0.3, -0.25) is 4.57 Å². The van der Waals surface area contributed by atoms with Crippen molar-refractivity contribution in [2.75, 3.05) is 0 Å². The summed E-state index contributed by atoms with van der Waals surface area (Å²) in [6.07, 6.45) is 0. The fourth-order valence-corrected chi connectivity index (χ4v) is 6.57. The summed E-state index contributed by atoms with van der Waals surface area (Å²) in [5.74, 6) is 0.865. The maximum atomic E-state index is 5.20. The van der Waals surface area contributed by atoms with E-state index >= 15 is 0 Å². The Morgan fingerprint density at radius 1 is 0.488 bits per heavy atom. The van der Waals surface area contributed by atoms with E-state index in [0.29, 0.717) is 0 Å². The molecule has 7 aromatic rings. The van der Waals surface area contributed by atoms with Crippen molar-refractivity contribution >= 4 is 22.8 Å². The zero-order valence-electron chi connectivity index (χ0n) is 22.1. The number of fused-ring (bicyclic) bond motifs is 4. The lowest BCUT2D eigenvalue weighted by atomic mass is 10.0. The number of para-hydroxylation sites is 2. The number of aromatic nitrogens is 4. The first-order valence-corrected chi connectivity index (χ1v) is 14.6. The van der Waals surface area contributed by atoms with Crippen LogP contribution < -0.4 is 0 Å². The summed E-state index contributed by atoms with van der Waals surface area (Å²) in [6, 6.07) is 46.2. The smallest absolute Gasteiger partial charge is 0.174 e. The molecule has 0 fully saturated rings. The fourth-order valence-electron chi connectivity index (χ4n) is 5.56. The van der Waals surface area contributed by atoms with E-state index in [0.717, 1.165) is 72.7 Å². The van der Waals surface area contributed by atoms with E-state index in [1.807, 2.05) is 36.4 Å². The molecule has 8 rings (SSSR count). The van der Waals surface area contributed by atoms with Crippen LogP contribution in [0.25, 0.3) is 61.8 Å². The van der Waals surface area contributed by atoms with E-state index in [9.17, 15) is 0 Å². The zero-order chi connectivity index (χ0) is 27.2. The van der Waals surface area contributed by atoms with Crippen molar-refractivity contribution in [3.05, 3.63) is 139 Å². The molecule has 194 valence electrons. The minimum Gasteiger partial charge on any atom is -0.286 e. The van der Waals surface area contributed by atoms with Gasteiger partial charge in [0.1, 0.15) is 0 Å². The number of hydrogen-bond donors (Lipinski definition) is 0. The number of nitrogens with zero attached hydrogens (tertiary/aromatic N) is 4. The molecule has 0 radical (unpaired) electrons. The van der Waals surface area contributed by atoms with Gasteiger partial charge in [-0.2, -0.15) is 0 Å². The second-order valence-corrected chi connectivity index (χ2v) is 11.0. The van der Waals surface area contributed by atoms with Gasteiger partial charge < -0.3 is 0 Å². The topological polar surface area (TPSA) is 43.6 Å². The Balaban J connectivity index is 1.38. The minimum absolute atomic E-state index is 0.865. The van der Waals surface area contributed by atoms with Crippen LogP contribution in [0.1, 0.15) is 5.56 Å². The van der Waals surface area contributed by atoms with Crippen LogP contribution >= 0.6 is 11.8 Å². The Morgan fingerprint density at radius 2 is 1.02 bits per heavy atom. The van der Waals surface area contributed by atoms with E-state index < -0.39 is 0 Å². The molecule has 0 saturated carbocycles. The molecule has 0 spiro atoms. The Bertz CT molecular complexity index is 2030. The van der Waals surface area contributed by atoms with Crippen molar-refractivity contribution in [1.82, 2.24) is 19.5 Å². The van der Waals surface area contributed by atoms with E-state index in [1.54, 1.807) is 11.8 Å². The van der Waals surface area contributed by atoms with Crippen LogP contribution in [0.3, 0.4) is 0 Å². The van der Waals surface area contributed by atoms with Gasteiger partial charge in [0.05, 0.1) is 39.5 Å². The Morgan fingerprint density at radius 3 is 1.66 bits per heavy atom. The summed E-state index contributed by atoms with van der Waals surface area (Å²) in [6.45, 7) is 0. The first kappa shape index (κ1) is 23.9. The second kappa shape index (κ2) is 9.88. The van der Waals surface area contributed by atoms with Crippen molar-refractivity contribution in [1.29, 1.82) is 0 Å². The molecular weight excluding hydrogens is 520 g/mol. The quantitative estimate of drug-likeness (QED) is 0.222. The van der Waals surface area contributed by atoms with Gasteiger partial charge in [0, 0.05) is 28.0 Å². The molecule has 5 aromatic carbocycles. The van der Waals surface area contributed by atoms with Crippen LogP contribution in [-0.4, -0.2) is 19.5 Å². The third kappa shape index (κ3) is 4.14. The van der Waals surface area contributed by atoms with Gasteiger partial charge in [-0.25, -0.2) is 15.0 Å². The third-order valence-electron chi connectivity index (χ3n) is 7.52. The van der Waals surface area contributed by atoms with E-state index in [2.05, 4.69) is 102 Å². The number of rotatable bonds is 4. The number of benzene rings is 5. The Labute approximate surface area is 242 Å². The van der Waals surface area contributed by atoms with Crippen LogP contribution in [0, 0.1) is 0 Å². The summed E-state index contributed by atoms with van der Waals surface area (Å²) in [7, 11) is 0. The lowest BCUT2D eigenvalue weighted by Gasteiger charge is -2.22.